The molecule has 0 spiro atoms. The third-order valence-corrected chi connectivity index (χ3v) is 4.22. The number of carbonyl (C=O) groups excluding carboxylic acids is 1. The van der Waals surface area contributed by atoms with Crippen LogP contribution in [0.3, 0.4) is 0 Å². The highest BCUT2D eigenvalue weighted by Crippen LogP contribution is 2.20. The molecule has 1 heterocycles. The number of likely N-dealkylation sites (N-methyl/N-ethyl adjacent to an activating group) is 1. The Kier molecular flexibility index (Phi) is 10.5. The number of hydrogen-bond acceptors (Lipinski definition) is 3. The van der Waals surface area contributed by atoms with Gasteiger partial charge in [0.15, 0.2) is 0 Å². The van der Waals surface area contributed by atoms with Gasteiger partial charge in [-0.05, 0) is 37.9 Å². The van der Waals surface area contributed by atoms with E-state index in [4.69, 9.17) is 0 Å². The molecule has 2 atom stereocenters. The van der Waals surface area contributed by atoms with Gasteiger partial charge >= 0.3 is 0 Å². The average Bonchev–Trinajstić information content (AvgIpc) is 2.51. The lowest BCUT2D eigenvalue weighted by Gasteiger charge is -2.33. The number of amides is 1. The molecule has 132 valence electrons. The van der Waals surface area contributed by atoms with E-state index in [9.17, 15) is 4.79 Å². The van der Waals surface area contributed by atoms with Gasteiger partial charge in [-0.1, -0.05) is 31.2 Å². The number of hydrogen-bond donors (Lipinski definition) is 2. The van der Waals surface area contributed by atoms with Crippen molar-refractivity contribution < 1.29 is 4.79 Å². The summed E-state index contributed by atoms with van der Waals surface area (Å²) in [4.78, 5) is 14.5. The van der Waals surface area contributed by atoms with Crippen LogP contribution in [0.2, 0.25) is 0 Å². The Bertz CT molecular complexity index is 485. The SMILES string of the molecule is CCN[C@H](C)CNC(=O)C(C)N1CCc2ccccc2C1.Cl.Cl. The molecule has 1 aliphatic heterocycles. The minimum absolute atomic E-state index is 0. The number of benzene rings is 1. The first-order chi connectivity index (χ1) is 10.1. The third-order valence-electron chi connectivity index (χ3n) is 4.22. The minimum atomic E-state index is -0.0767. The molecule has 0 radical (unpaired) electrons. The number of fused-ring (bicyclic) bond motifs is 1. The van der Waals surface area contributed by atoms with Crippen LogP contribution in [0.25, 0.3) is 0 Å². The van der Waals surface area contributed by atoms with Gasteiger partial charge in [0.25, 0.3) is 0 Å². The van der Waals surface area contributed by atoms with Crippen LogP contribution in [-0.2, 0) is 17.8 Å². The van der Waals surface area contributed by atoms with Crippen LogP contribution >= 0.6 is 24.8 Å². The maximum absolute atomic E-state index is 12.3. The highest BCUT2D eigenvalue weighted by atomic mass is 35.5. The van der Waals surface area contributed by atoms with Crippen molar-refractivity contribution in [1.82, 2.24) is 15.5 Å². The van der Waals surface area contributed by atoms with Gasteiger partial charge in [-0.15, -0.1) is 24.8 Å². The van der Waals surface area contributed by atoms with Crippen molar-refractivity contribution in [3.05, 3.63) is 35.4 Å². The van der Waals surface area contributed by atoms with Crippen molar-refractivity contribution in [1.29, 1.82) is 0 Å². The topological polar surface area (TPSA) is 44.4 Å². The molecule has 0 aromatic heterocycles. The molecule has 0 saturated carbocycles. The molecule has 2 rings (SSSR count). The molecule has 0 saturated heterocycles. The lowest BCUT2D eigenvalue weighted by atomic mass is 9.99. The van der Waals surface area contributed by atoms with Crippen molar-refractivity contribution in [3.8, 4) is 0 Å². The summed E-state index contributed by atoms with van der Waals surface area (Å²) in [5.41, 5.74) is 2.77. The summed E-state index contributed by atoms with van der Waals surface area (Å²) in [6.45, 7) is 9.59. The Hall–Kier alpha value is -0.810. The van der Waals surface area contributed by atoms with E-state index in [1.54, 1.807) is 0 Å². The summed E-state index contributed by atoms with van der Waals surface area (Å²) in [6, 6.07) is 8.76. The van der Waals surface area contributed by atoms with Gasteiger partial charge in [0, 0.05) is 25.7 Å². The normalized spacial score (nSPS) is 16.3. The van der Waals surface area contributed by atoms with Crippen LogP contribution in [-0.4, -0.2) is 42.5 Å². The van der Waals surface area contributed by atoms with Gasteiger partial charge in [0.2, 0.25) is 5.91 Å². The van der Waals surface area contributed by atoms with E-state index in [0.29, 0.717) is 12.6 Å². The highest BCUT2D eigenvalue weighted by Gasteiger charge is 2.25. The van der Waals surface area contributed by atoms with Gasteiger partial charge in [0.05, 0.1) is 6.04 Å². The van der Waals surface area contributed by atoms with Gasteiger partial charge in [-0.2, -0.15) is 0 Å². The lowest BCUT2D eigenvalue weighted by Crippen LogP contribution is -2.49. The molecule has 0 bridgehead atoms. The van der Waals surface area contributed by atoms with E-state index in [-0.39, 0.29) is 36.8 Å². The molecular weight excluding hydrogens is 333 g/mol. The van der Waals surface area contributed by atoms with Crippen LogP contribution < -0.4 is 10.6 Å². The molecule has 1 aliphatic rings. The molecular formula is C17H29Cl2N3O. The molecule has 0 aliphatic carbocycles. The molecule has 1 amide bonds. The summed E-state index contributed by atoms with van der Waals surface area (Å²) in [5.74, 6) is 0.124. The fraction of sp³-hybridized carbons (Fsp3) is 0.588. The Morgan fingerprint density at radius 2 is 1.87 bits per heavy atom. The van der Waals surface area contributed by atoms with Crippen molar-refractivity contribution >= 4 is 30.7 Å². The summed E-state index contributed by atoms with van der Waals surface area (Å²) >= 11 is 0. The predicted molar refractivity (Wildman–Crippen MR) is 101 cm³/mol. The largest absolute Gasteiger partial charge is 0.353 e. The molecule has 1 aromatic rings. The zero-order valence-corrected chi connectivity index (χ0v) is 15.8. The number of halogens is 2. The first-order valence-corrected chi connectivity index (χ1v) is 7.93. The zero-order valence-electron chi connectivity index (χ0n) is 14.2. The molecule has 1 unspecified atom stereocenters. The number of carbonyl (C=O) groups is 1. The van der Waals surface area contributed by atoms with Crippen molar-refractivity contribution in [3.63, 3.8) is 0 Å². The van der Waals surface area contributed by atoms with Crippen molar-refractivity contribution in [2.45, 2.75) is 45.8 Å². The fourth-order valence-corrected chi connectivity index (χ4v) is 2.84. The number of nitrogens with one attached hydrogen (secondary N) is 2. The minimum Gasteiger partial charge on any atom is -0.353 e. The van der Waals surface area contributed by atoms with Gasteiger partial charge in [0.1, 0.15) is 0 Å². The molecule has 23 heavy (non-hydrogen) atoms. The summed E-state index contributed by atoms with van der Waals surface area (Å²) < 4.78 is 0. The van der Waals surface area contributed by atoms with Gasteiger partial charge in [-0.3, -0.25) is 9.69 Å². The van der Waals surface area contributed by atoms with Crippen LogP contribution in [0, 0.1) is 0 Å². The number of rotatable bonds is 6. The Morgan fingerprint density at radius 3 is 2.52 bits per heavy atom. The van der Waals surface area contributed by atoms with E-state index in [1.165, 1.54) is 11.1 Å². The van der Waals surface area contributed by atoms with Crippen molar-refractivity contribution in [2.24, 2.45) is 0 Å². The van der Waals surface area contributed by atoms with E-state index in [0.717, 1.165) is 26.1 Å². The van der Waals surface area contributed by atoms with E-state index < -0.39 is 0 Å². The maximum Gasteiger partial charge on any atom is 0.237 e. The van der Waals surface area contributed by atoms with E-state index >= 15 is 0 Å². The van der Waals surface area contributed by atoms with Crippen LogP contribution in [0.15, 0.2) is 24.3 Å². The van der Waals surface area contributed by atoms with Crippen LogP contribution in [0.1, 0.15) is 31.9 Å². The number of nitrogens with zero attached hydrogens (tertiary/aromatic N) is 1. The Labute approximate surface area is 152 Å². The second kappa shape index (κ2) is 10.9. The molecule has 0 fully saturated rings. The second-order valence-electron chi connectivity index (χ2n) is 5.87. The second-order valence-corrected chi connectivity index (χ2v) is 5.87. The molecule has 6 heteroatoms. The maximum atomic E-state index is 12.3. The smallest absolute Gasteiger partial charge is 0.237 e. The van der Waals surface area contributed by atoms with Gasteiger partial charge < -0.3 is 10.6 Å². The summed E-state index contributed by atoms with van der Waals surface area (Å²) in [7, 11) is 0. The third kappa shape index (κ3) is 6.30. The standard InChI is InChI=1S/C17H27N3O.2ClH/c1-4-18-13(2)11-19-17(21)14(3)20-10-9-15-7-5-6-8-16(15)12-20;;/h5-8,13-14,18H,4,9-12H2,1-3H3,(H,19,21);2*1H/t13-,14?;;/m1../s1. The quantitative estimate of drug-likeness (QED) is 0.817. The van der Waals surface area contributed by atoms with Crippen LogP contribution in [0.4, 0.5) is 0 Å². The first-order valence-electron chi connectivity index (χ1n) is 7.93. The fourth-order valence-electron chi connectivity index (χ4n) is 2.84. The van der Waals surface area contributed by atoms with Crippen molar-refractivity contribution in [2.75, 3.05) is 19.6 Å². The average molecular weight is 362 g/mol. The highest BCUT2D eigenvalue weighted by molar-refractivity contribution is 5.85. The molecule has 1 aromatic carbocycles. The Balaban J connectivity index is 0.00000242. The summed E-state index contributed by atoms with van der Waals surface area (Å²) in [5, 5.41) is 6.35. The zero-order chi connectivity index (χ0) is 15.2. The molecule has 2 N–H and O–H groups in total. The lowest BCUT2D eigenvalue weighted by molar-refractivity contribution is -0.126. The molecule has 4 nitrogen and oxygen atoms in total. The summed E-state index contributed by atoms with van der Waals surface area (Å²) in [6.07, 6.45) is 1.03. The van der Waals surface area contributed by atoms with E-state index in [1.807, 2.05) is 6.92 Å². The first kappa shape index (κ1) is 22.2. The Morgan fingerprint density at radius 1 is 1.22 bits per heavy atom. The predicted octanol–water partition coefficient (Wildman–Crippen LogP) is 2.39. The van der Waals surface area contributed by atoms with E-state index in [2.05, 4.69) is 53.6 Å². The monoisotopic (exact) mass is 361 g/mol. The van der Waals surface area contributed by atoms with Crippen LogP contribution in [0.5, 0.6) is 0 Å². The van der Waals surface area contributed by atoms with Gasteiger partial charge in [-0.25, -0.2) is 0 Å².